The fourth-order valence-electron chi connectivity index (χ4n) is 2.57. The SMILES string of the molecule is O=C(CCNC(=O)c1ccsc1)NC1CCC(C(=O)O)CC1. The van der Waals surface area contributed by atoms with Crippen LogP contribution in [0.2, 0.25) is 0 Å². The highest BCUT2D eigenvalue weighted by Crippen LogP contribution is 2.24. The number of hydrogen-bond donors (Lipinski definition) is 3. The van der Waals surface area contributed by atoms with E-state index in [1.807, 2.05) is 5.38 Å². The maximum absolute atomic E-state index is 11.8. The zero-order valence-electron chi connectivity index (χ0n) is 12.2. The molecule has 0 bridgehead atoms. The number of thiophene rings is 1. The summed E-state index contributed by atoms with van der Waals surface area (Å²) in [6.07, 6.45) is 2.84. The Labute approximate surface area is 132 Å². The summed E-state index contributed by atoms with van der Waals surface area (Å²) in [5.41, 5.74) is 0.609. The third-order valence-electron chi connectivity index (χ3n) is 3.86. The van der Waals surface area contributed by atoms with E-state index in [-0.39, 0.29) is 30.2 Å². The lowest BCUT2D eigenvalue weighted by atomic mass is 9.86. The fourth-order valence-corrected chi connectivity index (χ4v) is 3.21. The van der Waals surface area contributed by atoms with Gasteiger partial charge in [-0.3, -0.25) is 14.4 Å². The summed E-state index contributed by atoms with van der Waals surface area (Å²) >= 11 is 1.45. The van der Waals surface area contributed by atoms with Gasteiger partial charge in [0.2, 0.25) is 5.91 Å². The molecule has 0 atom stereocenters. The third-order valence-corrected chi connectivity index (χ3v) is 4.55. The van der Waals surface area contributed by atoms with Crippen LogP contribution in [0, 0.1) is 5.92 Å². The van der Waals surface area contributed by atoms with Crippen LogP contribution in [0.1, 0.15) is 42.5 Å². The van der Waals surface area contributed by atoms with Crippen LogP contribution in [0.4, 0.5) is 0 Å². The van der Waals surface area contributed by atoms with Gasteiger partial charge in [-0.1, -0.05) is 0 Å². The maximum atomic E-state index is 11.8. The number of carbonyl (C=O) groups excluding carboxylic acids is 2. The van der Waals surface area contributed by atoms with Crippen molar-refractivity contribution in [2.24, 2.45) is 5.92 Å². The summed E-state index contributed by atoms with van der Waals surface area (Å²) in [5, 5.41) is 18.1. The van der Waals surface area contributed by atoms with Crippen LogP contribution in [-0.4, -0.2) is 35.5 Å². The number of carboxylic acids is 1. The highest BCUT2D eigenvalue weighted by molar-refractivity contribution is 7.08. The molecule has 0 aromatic carbocycles. The Hall–Kier alpha value is -1.89. The van der Waals surface area contributed by atoms with Crippen LogP contribution in [0.5, 0.6) is 0 Å². The summed E-state index contributed by atoms with van der Waals surface area (Å²) in [6, 6.07) is 1.79. The number of carboxylic acid groups (broad SMARTS) is 1. The third kappa shape index (κ3) is 4.84. The van der Waals surface area contributed by atoms with Crippen LogP contribution < -0.4 is 10.6 Å². The summed E-state index contributed by atoms with van der Waals surface area (Å²) in [4.78, 5) is 34.4. The highest BCUT2D eigenvalue weighted by Gasteiger charge is 2.26. The molecule has 1 fully saturated rings. The number of carbonyl (C=O) groups is 3. The molecule has 6 nitrogen and oxygen atoms in total. The maximum Gasteiger partial charge on any atom is 0.306 e. The average molecular weight is 324 g/mol. The molecule has 7 heteroatoms. The molecule has 1 aromatic rings. The Balaban J connectivity index is 1.62. The first-order chi connectivity index (χ1) is 10.6. The molecule has 22 heavy (non-hydrogen) atoms. The van der Waals surface area contributed by atoms with E-state index in [0.29, 0.717) is 37.8 Å². The molecule has 0 spiro atoms. The molecule has 2 rings (SSSR count). The lowest BCUT2D eigenvalue weighted by Crippen LogP contribution is -2.40. The standard InChI is InChI=1S/C15H20N2O4S/c18-13(5-7-16-14(19)11-6-8-22-9-11)17-12-3-1-10(2-4-12)15(20)21/h6,8-10,12H,1-5,7H2,(H,16,19)(H,17,18)(H,20,21). The summed E-state index contributed by atoms with van der Waals surface area (Å²) in [6.45, 7) is 0.297. The van der Waals surface area contributed by atoms with Crippen molar-refractivity contribution in [3.8, 4) is 0 Å². The predicted molar refractivity (Wildman–Crippen MR) is 82.8 cm³/mol. The van der Waals surface area contributed by atoms with Crippen molar-refractivity contribution >= 4 is 29.1 Å². The van der Waals surface area contributed by atoms with E-state index in [0.717, 1.165) is 0 Å². The molecular formula is C15H20N2O4S. The van der Waals surface area contributed by atoms with Gasteiger partial charge in [0.15, 0.2) is 0 Å². The van der Waals surface area contributed by atoms with Crippen molar-refractivity contribution in [1.29, 1.82) is 0 Å². The lowest BCUT2D eigenvalue weighted by molar-refractivity contribution is -0.142. The van der Waals surface area contributed by atoms with Gasteiger partial charge in [-0.05, 0) is 37.1 Å². The first-order valence-electron chi connectivity index (χ1n) is 7.39. The van der Waals surface area contributed by atoms with Gasteiger partial charge in [0.1, 0.15) is 0 Å². The van der Waals surface area contributed by atoms with E-state index in [2.05, 4.69) is 10.6 Å². The second-order valence-corrected chi connectivity index (χ2v) is 6.25. The van der Waals surface area contributed by atoms with Gasteiger partial charge >= 0.3 is 5.97 Å². The Kier molecular flexibility index (Phi) is 5.94. The topological polar surface area (TPSA) is 95.5 Å². The minimum absolute atomic E-state index is 0.0516. The minimum Gasteiger partial charge on any atom is -0.481 e. The van der Waals surface area contributed by atoms with Crippen molar-refractivity contribution in [3.05, 3.63) is 22.4 Å². The molecule has 2 amide bonds. The number of hydrogen-bond acceptors (Lipinski definition) is 4. The van der Waals surface area contributed by atoms with E-state index in [4.69, 9.17) is 5.11 Å². The zero-order chi connectivity index (χ0) is 15.9. The van der Waals surface area contributed by atoms with E-state index < -0.39 is 5.97 Å². The van der Waals surface area contributed by atoms with E-state index in [9.17, 15) is 14.4 Å². The summed E-state index contributed by atoms with van der Waals surface area (Å²) in [5.74, 6) is -1.31. The molecule has 1 aliphatic rings. The molecule has 120 valence electrons. The van der Waals surface area contributed by atoms with Crippen molar-refractivity contribution in [1.82, 2.24) is 10.6 Å². The van der Waals surface area contributed by atoms with Crippen LogP contribution in [0.3, 0.4) is 0 Å². The van der Waals surface area contributed by atoms with Crippen LogP contribution in [-0.2, 0) is 9.59 Å². The van der Waals surface area contributed by atoms with Crippen molar-refractivity contribution in [2.75, 3.05) is 6.54 Å². The molecular weight excluding hydrogens is 304 g/mol. The number of amides is 2. The van der Waals surface area contributed by atoms with Gasteiger partial charge in [-0.15, -0.1) is 0 Å². The predicted octanol–water partition coefficient (Wildman–Crippen LogP) is 1.63. The monoisotopic (exact) mass is 324 g/mol. The molecule has 0 saturated heterocycles. The summed E-state index contributed by atoms with van der Waals surface area (Å²) in [7, 11) is 0. The van der Waals surface area contributed by atoms with Gasteiger partial charge in [0, 0.05) is 30.0 Å². The Morgan fingerprint density at radius 3 is 2.55 bits per heavy atom. The first-order valence-corrected chi connectivity index (χ1v) is 8.33. The molecule has 0 unspecified atom stereocenters. The van der Waals surface area contributed by atoms with Gasteiger partial charge < -0.3 is 15.7 Å². The molecule has 3 N–H and O–H groups in total. The van der Waals surface area contributed by atoms with E-state index in [1.165, 1.54) is 11.3 Å². The molecule has 1 aliphatic carbocycles. The Bertz CT molecular complexity index is 522. The smallest absolute Gasteiger partial charge is 0.306 e. The van der Waals surface area contributed by atoms with Gasteiger partial charge in [0.05, 0.1) is 5.92 Å². The van der Waals surface area contributed by atoms with Crippen LogP contribution in [0.25, 0.3) is 0 Å². The fraction of sp³-hybridized carbons (Fsp3) is 0.533. The zero-order valence-corrected chi connectivity index (χ0v) is 13.0. The molecule has 1 aromatic heterocycles. The van der Waals surface area contributed by atoms with Gasteiger partial charge in [0.25, 0.3) is 5.91 Å². The van der Waals surface area contributed by atoms with E-state index in [1.54, 1.807) is 11.4 Å². The second-order valence-electron chi connectivity index (χ2n) is 5.47. The molecule has 0 aliphatic heterocycles. The molecule has 0 radical (unpaired) electrons. The number of rotatable bonds is 6. The normalized spacial score (nSPS) is 21.1. The lowest BCUT2D eigenvalue weighted by Gasteiger charge is -2.26. The van der Waals surface area contributed by atoms with Gasteiger partial charge in [-0.25, -0.2) is 0 Å². The first kappa shape index (κ1) is 16.5. The van der Waals surface area contributed by atoms with E-state index >= 15 is 0 Å². The number of nitrogens with one attached hydrogen (secondary N) is 2. The summed E-state index contributed by atoms with van der Waals surface area (Å²) < 4.78 is 0. The second kappa shape index (κ2) is 7.93. The Morgan fingerprint density at radius 1 is 1.23 bits per heavy atom. The average Bonchev–Trinajstić information content (AvgIpc) is 3.02. The largest absolute Gasteiger partial charge is 0.481 e. The van der Waals surface area contributed by atoms with Crippen molar-refractivity contribution in [3.63, 3.8) is 0 Å². The highest BCUT2D eigenvalue weighted by atomic mass is 32.1. The Morgan fingerprint density at radius 2 is 1.95 bits per heavy atom. The van der Waals surface area contributed by atoms with Crippen molar-refractivity contribution < 1.29 is 19.5 Å². The number of aliphatic carboxylic acids is 1. The molecule has 1 heterocycles. The van der Waals surface area contributed by atoms with Crippen LogP contribution >= 0.6 is 11.3 Å². The van der Waals surface area contributed by atoms with Crippen LogP contribution in [0.15, 0.2) is 16.8 Å². The molecule has 1 saturated carbocycles. The van der Waals surface area contributed by atoms with Crippen molar-refractivity contribution in [2.45, 2.75) is 38.1 Å². The van der Waals surface area contributed by atoms with Gasteiger partial charge in [-0.2, -0.15) is 11.3 Å². The minimum atomic E-state index is -0.749. The quantitative estimate of drug-likeness (QED) is 0.741.